The molecular weight excluding hydrogens is 204 g/mol. The summed E-state index contributed by atoms with van der Waals surface area (Å²) < 4.78 is 0. The van der Waals surface area contributed by atoms with Gasteiger partial charge in [0.15, 0.2) is 0 Å². The van der Waals surface area contributed by atoms with Gasteiger partial charge in [0, 0.05) is 0 Å². The van der Waals surface area contributed by atoms with E-state index in [2.05, 4.69) is 71.0 Å². The molecule has 0 aliphatic heterocycles. The largest absolute Gasteiger partial charge is 0.0616 e. The van der Waals surface area contributed by atoms with Gasteiger partial charge < -0.3 is 0 Å². The Labute approximate surface area is 105 Å². The molecule has 2 aromatic rings. The first-order valence-corrected chi connectivity index (χ1v) is 6.39. The van der Waals surface area contributed by atoms with Gasteiger partial charge in [-0.05, 0) is 40.2 Å². The maximum Gasteiger partial charge on any atom is -0.0135 e. The van der Waals surface area contributed by atoms with Crippen molar-refractivity contribution in [1.29, 1.82) is 0 Å². The lowest BCUT2D eigenvalue weighted by atomic mass is 9.76. The molecule has 0 saturated carbocycles. The lowest BCUT2D eigenvalue weighted by molar-refractivity contribution is 0.341. The molecule has 0 aromatic heterocycles. The van der Waals surface area contributed by atoms with Crippen molar-refractivity contribution >= 4 is 10.8 Å². The SMILES string of the molecule is Cc1ccc([C@@H](C)C(C)(C)C)c2ccccc12. The van der Waals surface area contributed by atoms with Crippen LogP contribution in [-0.2, 0) is 0 Å². The third-order valence-corrected chi connectivity index (χ3v) is 3.94. The van der Waals surface area contributed by atoms with Gasteiger partial charge in [-0.15, -0.1) is 0 Å². The summed E-state index contributed by atoms with van der Waals surface area (Å²) in [5, 5.41) is 2.80. The molecule has 0 unspecified atom stereocenters. The van der Waals surface area contributed by atoms with E-state index >= 15 is 0 Å². The summed E-state index contributed by atoms with van der Waals surface area (Å²) in [6, 6.07) is 13.3. The maximum atomic E-state index is 2.33. The summed E-state index contributed by atoms with van der Waals surface area (Å²) in [5.41, 5.74) is 3.14. The van der Waals surface area contributed by atoms with Crippen LogP contribution in [0.4, 0.5) is 0 Å². The first-order chi connectivity index (χ1) is 7.91. The smallest absolute Gasteiger partial charge is 0.0135 e. The van der Waals surface area contributed by atoms with Crippen LogP contribution in [0, 0.1) is 12.3 Å². The molecule has 0 heteroatoms. The van der Waals surface area contributed by atoms with Crippen molar-refractivity contribution in [3.8, 4) is 0 Å². The number of hydrogen-bond acceptors (Lipinski definition) is 0. The second-order valence-electron chi connectivity index (χ2n) is 6.10. The van der Waals surface area contributed by atoms with Crippen LogP contribution >= 0.6 is 0 Å². The highest BCUT2D eigenvalue weighted by Gasteiger charge is 2.23. The summed E-state index contributed by atoms with van der Waals surface area (Å²) in [6.07, 6.45) is 0. The third kappa shape index (κ3) is 2.22. The van der Waals surface area contributed by atoms with Gasteiger partial charge in [0.25, 0.3) is 0 Å². The Balaban J connectivity index is 2.67. The fraction of sp³-hybridized carbons (Fsp3) is 0.412. The summed E-state index contributed by atoms with van der Waals surface area (Å²) in [7, 11) is 0. The van der Waals surface area contributed by atoms with Gasteiger partial charge >= 0.3 is 0 Å². The number of benzene rings is 2. The van der Waals surface area contributed by atoms with Crippen LogP contribution in [-0.4, -0.2) is 0 Å². The Morgan fingerprint density at radius 2 is 1.47 bits per heavy atom. The molecule has 0 nitrogen and oxygen atoms in total. The van der Waals surface area contributed by atoms with Crippen LogP contribution < -0.4 is 0 Å². The lowest BCUT2D eigenvalue weighted by Gasteiger charge is -2.29. The van der Waals surface area contributed by atoms with E-state index in [0.29, 0.717) is 11.3 Å². The second kappa shape index (κ2) is 4.18. The molecule has 0 heterocycles. The van der Waals surface area contributed by atoms with Gasteiger partial charge in [-0.1, -0.05) is 64.1 Å². The van der Waals surface area contributed by atoms with Crippen LogP contribution in [0.1, 0.15) is 44.7 Å². The molecule has 0 spiro atoms. The molecule has 0 saturated heterocycles. The molecule has 0 radical (unpaired) electrons. The predicted octanol–water partition coefficient (Wildman–Crippen LogP) is 5.30. The van der Waals surface area contributed by atoms with Crippen molar-refractivity contribution in [3.05, 3.63) is 47.5 Å². The summed E-state index contributed by atoms with van der Waals surface area (Å²) in [5.74, 6) is 0.563. The van der Waals surface area contributed by atoms with Crippen molar-refractivity contribution in [2.45, 2.75) is 40.5 Å². The van der Waals surface area contributed by atoms with E-state index in [1.165, 1.54) is 21.9 Å². The van der Waals surface area contributed by atoms with E-state index < -0.39 is 0 Å². The molecule has 0 aliphatic carbocycles. The highest BCUT2D eigenvalue weighted by atomic mass is 14.3. The molecule has 0 amide bonds. The van der Waals surface area contributed by atoms with Crippen molar-refractivity contribution in [2.24, 2.45) is 5.41 Å². The van der Waals surface area contributed by atoms with Crippen LogP contribution in [0.5, 0.6) is 0 Å². The average Bonchev–Trinajstić information content (AvgIpc) is 2.28. The van der Waals surface area contributed by atoms with Crippen molar-refractivity contribution in [1.82, 2.24) is 0 Å². The Kier molecular flexibility index (Phi) is 2.99. The summed E-state index contributed by atoms with van der Waals surface area (Å²) in [4.78, 5) is 0. The molecule has 17 heavy (non-hydrogen) atoms. The molecule has 0 bridgehead atoms. The van der Waals surface area contributed by atoms with Crippen molar-refractivity contribution in [2.75, 3.05) is 0 Å². The highest BCUT2D eigenvalue weighted by molar-refractivity contribution is 5.89. The fourth-order valence-electron chi connectivity index (χ4n) is 2.32. The summed E-state index contributed by atoms with van der Waals surface area (Å²) in [6.45, 7) is 11.5. The van der Waals surface area contributed by atoms with Gasteiger partial charge in [-0.25, -0.2) is 0 Å². The highest BCUT2D eigenvalue weighted by Crippen LogP contribution is 2.38. The molecule has 0 aliphatic rings. The molecule has 90 valence electrons. The van der Waals surface area contributed by atoms with Crippen LogP contribution in [0.15, 0.2) is 36.4 Å². The van der Waals surface area contributed by atoms with E-state index in [-0.39, 0.29) is 0 Å². The lowest BCUT2D eigenvalue weighted by Crippen LogP contribution is -2.15. The normalized spacial score (nSPS) is 13.9. The third-order valence-electron chi connectivity index (χ3n) is 3.94. The Morgan fingerprint density at radius 3 is 2.06 bits per heavy atom. The Bertz CT molecular complexity index is 529. The van der Waals surface area contributed by atoms with Crippen LogP contribution in [0.3, 0.4) is 0 Å². The summed E-state index contributed by atoms with van der Waals surface area (Å²) >= 11 is 0. The van der Waals surface area contributed by atoms with E-state index in [1.807, 2.05) is 0 Å². The van der Waals surface area contributed by atoms with Gasteiger partial charge in [0.05, 0.1) is 0 Å². The van der Waals surface area contributed by atoms with E-state index in [0.717, 1.165) is 0 Å². The minimum absolute atomic E-state index is 0.304. The number of fused-ring (bicyclic) bond motifs is 1. The Hall–Kier alpha value is -1.30. The number of hydrogen-bond donors (Lipinski definition) is 0. The monoisotopic (exact) mass is 226 g/mol. The average molecular weight is 226 g/mol. The first-order valence-electron chi connectivity index (χ1n) is 6.39. The van der Waals surface area contributed by atoms with E-state index in [9.17, 15) is 0 Å². The molecule has 2 rings (SSSR count). The van der Waals surface area contributed by atoms with Crippen LogP contribution in [0.25, 0.3) is 10.8 Å². The first kappa shape index (κ1) is 12.2. The van der Waals surface area contributed by atoms with Gasteiger partial charge in [0.2, 0.25) is 0 Å². The van der Waals surface area contributed by atoms with E-state index in [1.54, 1.807) is 0 Å². The van der Waals surface area contributed by atoms with E-state index in [4.69, 9.17) is 0 Å². The molecule has 2 aromatic carbocycles. The zero-order valence-corrected chi connectivity index (χ0v) is 11.5. The number of aryl methyl sites for hydroxylation is 1. The van der Waals surface area contributed by atoms with Gasteiger partial charge in [0.1, 0.15) is 0 Å². The van der Waals surface area contributed by atoms with Crippen molar-refractivity contribution in [3.63, 3.8) is 0 Å². The standard InChI is InChI=1S/C17H22/c1-12-10-11-15(13(2)17(3,4)5)16-9-7-6-8-14(12)16/h6-11,13H,1-5H3/t13-/m1/s1. The van der Waals surface area contributed by atoms with Gasteiger partial charge in [-0.3, -0.25) is 0 Å². The second-order valence-corrected chi connectivity index (χ2v) is 6.10. The quantitative estimate of drug-likeness (QED) is 0.619. The Morgan fingerprint density at radius 1 is 0.882 bits per heavy atom. The molecular formula is C17H22. The minimum atomic E-state index is 0.304. The van der Waals surface area contributed by atoms with Gasteiger partial charge in [-0.2, -0.15) is 0 Å². The number of rotatable bonds is 1. The minimum Gasteiger partial charge on any atom is -0.0616 e. The zero-order chi connectivity index (χ0) is 12.6. The molecule has 0 N–H and O–H groups in total. The topological polar surface area (TPSA) is 0 Å². The van der Waals surface area contributed by atoms with Crippen LogP contribution in [0.2, 0.25) is 0 Å². The van der Waals surface area contributed by atoms with Crippen molar-refractivity contribution < 1.29 is 0 Å². The molecule has 0 fully saturated rings. The predicted molar refractivity (Wildman–Crippen MR) is 76.6 cm³/mol. The fourth-order valence-corrected chi connectivity index (χ4v) is 2.32. The maximum absolute atomic E-state index is 2.33. The zero-order valence-electron chi connectivity index (χ0n) is 11.5. The molecule has 1 atom stereocenters.